The number of aldehydes is 1. The second-order valence-electron chi connectivity index (χ2n) is 8.69. The molecular weight excluding hydrogens is 473 g/mol. The van der Waals surface area contributed by atoms with Crippen molar-refractivity contribution in [3.63, 3.8) is 0 Å². The van der Waals surface area contributed by atoms with Crippen LogP contribution in [0.4, 0.5) is 33.5 Å². The van der Waals surface area contributed by atoms with Crippen LogP contribution in [0.15, 0.2) is 30.7 Å². The third kappa shape index (κ3) is 5.49. The lowest BCUT2D eigenvalue weighted by atomic mass is 9.77. The van der Waals surface area contributed by atoms with Crippen molar-refractivity contribution in [3.8, 4) is 0 Å². The largest absolute Gasteiger partial charge is 0.433 e. The normalized spacial score (nSPS) is 16.1. The van der Waals surface area contributed by atoms with Crippen LogP contribution in [0.25, 0.3) is 11.2 Å². The molecule has 4 heterocycles. The van der Waals surface area contributed by atoms with Crippen molar-refractivity contribution in [2.75, 3.05) is 36.5 Å². The van der Waals surface area contributed by atoms with Gasteiger partial charge in [0.2, 0.25) is 0 Å². The molecule has 35 heavy (non-hydrogen) atoms. The summed E-state index contributed by atoms with van der Waals surface area (Å²) in [6.07, 6.45) is -0.376. The first kappa shape index (κ1) is 24.7. The first-order chi connectivity index (χ1) is 16.6. The molecule has 0 radical (unpaired) electrons. The van der Waals surface area contributed by atoms with Crippen LogP contribution in [-0.4, -0.2) is 64.1 Å². The topological polar surface area (TPSA) is 80.0 Å². The van der Waals surface area contributed by atoms with Gasteiger partial charge in [0.05, 0.1) is 24.3 Å². The Kier molecular flexibility index (Phi) is 6.86. The highest BCUT2D eigenvalue weighted by molar-refractivity contribution is 5.71. The predicted molar refractivity (Wildman–Crippen MR) is 118 cm³/mol. The molecule has 0 amide bonds. The van der Waals surface area contributed by atoms with Crippen LogP contribution in [0.5, 0.6) is 0 Å². The van der Waals surface area contributed by atoms with Gasteiger partial charge >= 0.3 is 6.18 Å². The van der Waals surface area contributed by atoms with E-state index in [0.29, 0.717) is 55.9 Å². The summed E-state index contributed by atoms with van der Waals surface area (Å²) in [5, 5.41) is 3.91. The quantitative estimate of drug-likeness (QED) is 0.346. The molecule has 1 aliphatic rings. The number of halogens is 5. The molecule has 0 aromatic carbocycles. The van der Waals surface area contributed by atoms with Gasteiger partial charge in [0.1, 0.15) is 29.9 Å². The Hall–Kier alpha value is -3.38. The number of hydrogen-bond acceptors (Lipinski definition) is 7. The molecule has 0 unspecified atom stereocenters. The van der Waals surface area contributed by atoms with Gasteiger partial charge in [-0.3, -0.25) is 0 Å². The average Bonchev–Trinajstić information content (AvgIpc) is 3.23. The van der Waals surface area contributed by atoms with Crippen LogP contribution >= 0.6 is 0 Å². The SMILES string of the molecule is CN(CCC1(C=O)CCN(c2ccc(C(F)(F)F)nc2)CC1)c1cnc2cnn(CC(F)F)c2n1. The van der Waals surface area contributed by atoms with E-state index >= 15 is 0 Å². The Labute approximate surface area is 197 Å². The third-order valence-electron chi connectivity index (χ3n) is 6.39. The highest BCUT2D eigenvalue weighted by atomic mass is 19.4. The van der Waals surface area contributed by atoms with E-state index in [0.717, 1.165) is 17.0 Å². The van der Waals surface area contributed by atoms with Crippen LogP contribution in [0, 0.1) is 5.41 Å². The standard InChI is InChI=1S/C22H24F5N7O/c1-32(19-12-28-16-11-30-34(13-18(23)24)20(16)31-19)7-4-21(14-35)5-8-33(9-6-21)15-2-3-17(29-10-15)22(25,26)27/h2-3,10-12,14,18H,4-9,13H2,1H3. The Morgan fingerprint density at radius 2 is 1.89 bits per heavy atom. The van der Waals surface area contributed by atoms with Crippen molar-refractivity contribution in [1.82, 2.24) is 24.7 Å². The van der Waals surface area contributed by atoms with Crippen molar-refractivity contribution in [2.24, 2.45) is 5.41 Å². The summed E-state index contributed by atoms with van der Waals surface area (Å²) in [4.78, 5) is 27.9. The summed E-state index contributed by atoms with van der Waals surface area (Å²) in [6, 6.07) is 2.35. The van der Waals surface area contributed by atoms with Crippen LogP contribution < -0.4 is 9.80 Å². The van der Waals surface area contributed by atoms with Gasteiger partial charge < -0.3 is 14.6 Å². The molecule has 0 bridgehead atoms. The van der Waals surface area contributed by atoms with Gasteiger partial charge in [0.25, 0.3) is 6.43 Å². The monoisotopic (exact) mass is 497 g/mol. The number of carbonyl (C=O) groups excluding carboxylic acids is 1. The van der Waals surface area contributed by atoms with E-state index < -0.39 is 30.3 Å². The lowest BCUT2D eigenvalue weighted by Gasteiger charge is -2.40. The minimum atomic E-state index is -4.49. The van der Waals surface area contributed by atoms with Gasteiger partial charge in [-0.1, -0.05) is 0 Å². The van der Waals surface area contributed by atoms with E-state index in [4.69, 9.17) is 0 Å². The number of rotatable bonds is 8. The molecule has 1 fully saturated rings. The first-order valence-electron chi connectivity index (χ1n) is 11.0. The fourth-order valence-corrected chi connectivity index (χ4v) is 4.17. The van der Waals surface area contributed by atoms with Gasteiger partial charge in [-0.2, -0.15) is 18.3 Å². The highest BCUT2D eigenvalue weighted by Crippen LogP contribution is 2.36. The summed E-state index contributed by atoms with van der Waals surface area (Å²) < 4.78 is 64.9. The number of aromatic nitrogens is 5. The summed E-state index contributed by atoms with van der Waals surface area (Å²) in [5.41, 5.74) is -0.268. The minimum absolute atomic E-state index is 0.262. The van der Waals surface area contributed by atoms with Gasteiger partial charge in [0.15, 0.2) is 5.65 Å². The zero-order chi connectivity index (χ0) is 25.2. The van der Waals surface area contributed by atoms with Crippen molar-refractivity contribution in [2.45, 2.75) is 38.4 Å². The van der Waals surface area contributed by atoms with Crippen LogP contribution in [0.3, 0.4) is 0 Å². The Morgan fingerprint density at radius 1 is 1.14 bits per heavy atom. The highest BCUT2D eigenvalue weighted by Gasteiger charge is 2.36. The number of anilines is 2. The minimum Gasteiger partial charge on any atom is -0.370 e. The van der Waals surface area contributed by atoms with Crippen molar-refractivity contribution < 1.29 is 26.7 Å². The summed E-state index contributed by atoms with van der Waals surface area (Å²) in [7, 11) is 1.78. The fraction of sp³-hybridized carbons (Fsp3) is 0.500. The molecule has 13 heteroatoms. The molecule has 0 atom stereocenters. The van der Waals surface area contributed by atoms with E-state index in [9.17, 15) is 26.7 Å². The van der Waals surface area contributed by atoms with E-state index in [1.165, 1.54) is 24.7 Å². The van der Waals surface area contributed by atoms with Crippen molar-refractivity contribution in [1.29, 1.82) is 0 Å². The zero-order valence-electron chi connectivity index (χ0n) is 18.9. The molecule has 0 spiro atoms. The van der Waals surface area contributed by atoms with Gasteiger partial charge in [-0.15, -0.1) is 0 Å². The molecule has 3 aromatic rings. The van der Waals surface area contributed by atoms with Crippen LogP contribution in [0.2, 0.25) is 0 Å². The second kappa shape index (κ2) is 9.70. The molecule has 0 aliphatic carbocycles. The maximum atomic E-state index is 12.8. The Morgan fingerprint density at radius 3 is 2.49 bits per heavy atom. The summed E-state index contributed by atoms with van der Waals surface area (Å²) in [6.45, 7) is 0.913. The molecule has 1 aliphatic heterocycles. The van der Waals surface area contributed by atoms with Gasteiger partial charge in [-0.25, -0.2) is 28.4 Å². The van der Waals surface area contributed by atoms with Gasteiger partial charge in [0, 0.05) is 32.1 Å². The third-order valence-corrected chi connectivity index (χ3v) is 6.39. The number of hydrogen-bond donors (Lipinski definition) is 0. The lowest BCUT2D eigenvalue weighted by Crippen LogP contribution is -2.42. The number of fused-ring (bicyclic) bond motifs is 1. The molecule has 188 valence electrons. The molecule has 4 rings (SSSR count). The van der Waals surface area contributed by atoms with Crippen molar-refractivity contribution >= 4 is 29.0 Å². The molecule has 1 saturated heterocycles. The zero-order valence-corrected chi connectivity index (χ0v) is 18.9. The maximum Gasteiger partial charge on any atom is 0.433 e. The smallest absolute Gasteiger partial charge is 0.370 e. The predicted octanol–water partition coefficient (Wildman–Crippen LogP) is 3.82. The maximum absolute atomic E-state index is 12.8. The van der Waals surface area contributed by atoms with E-state index in [1.54, 1.807) is 7.05 Å². The second-order valence-corrected chi connectivity index (χ2v) is 8.69. The average molecular weight is 497 g/mol. The van der Waals surface area contributed by atoms with Crippen LogP contribution in [0.1, 0.15) is 25.0 Å². The number of carbonyl (C=O) groups is 1. The number of alkyl halides is 5. The Balaban J connectivity index is 1.38. The first-order valence-corrected chi connectivity index (χ1v) is 11.0. The molecule has 0 saturated carbocycles. The summed E-state index contributed by atoms with van der Waals surface area (Å²) >= 11 is 0. The summed E-state index contributed by atoms with van der Waals surface area (Å²) in [5.74, 6) is 0.475. The van der Waals surface area contributed by atoms with E-state index in [2.05, 4.69) is 20.1 Å². The molecule has 8 nitrogen and oxygen atoms in total. The van der Waals surface area contributed by atoms with E-state index in [1.807, 2.05) is 9.80 Å². The molecule has 0 N–H and O–H groups in total. The fourth-order valence-electron chi connectivity index (χ4n) is 4.17. The number of pyridine rings is 1. The Bertz CT molecular complexity index is 1160. The molecular formula is C22H24F5N7O. The van der Waals surface area contributed by atoms with Crippen LogP contribution in [-0.2, 0) is 17.5 Å². The lowest BCUT2D eigenvalue weighted by molar-refractivity contribution is -0.141. The molecule has 3 aromatic heterocycles. The van der Waals surface area contributed by atoms with E-state index in [-0.39, 0.29) is 5.65 Å². The number of nitrogens with zero attached hydrogens (tertiary/aromatic N) is 7. The number of piperidine rings is 1. The van der Waals surface area contributed by atoms with Crippen molar-refractivity contribution in [3.05, 3.63) is 36.4 Å². The van der Waals surface area contributed by atoms with Gasteiger partial charge in [-0.05, 0) is 31.4 Å².